The summed E-state index contributed by atoms with van der Waals surface area (Å²) < 4.78 is 76.6. The first kappa shape index (κ1) is 33.3. The number of anilines is 1. The summed E-state index contributed by atoms with van der Waals surface area (Å²) >= 11 is 3.41. The minimum absolute atomic E-state index is 0.0383. The molecule has 13 heteroatoms. The third-order valence-electron chi connectivity index (χ3n) is 7.06. The molecule has 1 aliphatic heterocycles. The van der Waals surface area contributed by atoms with E-state index in [0.717, 1.165) is 15.6 Å². The highest BCUT2D eigenvalue weighted by molar-refractivity contribution is 9.10. The lowest BCUT2D eigenvalue weighted by Gasteiger charge is -2.30. The monoisotopic (exact) mass is 683 g/mol. The number of carbonyl (C=O) groups is 2. The fourth-order valence-electron chi connectivity index (χ4n) is 4.80. The van der Waals surface area contributed by atoms with E-state index in [1.807, 2.05) is 24.3 Å². The Morgan fingerprint density at radius 3 is 2.34 bits per heavy atom. The van der Waals surface area contributed by atoms with E-state index in [2.05, 4.69) is 26.6 Å². The van der Waals surface area contributed by atoms with Crippen LogP contribution in [-0.2, 0) is 20.7 Å². The molecule has 0 radical (unpaired) electrons. The fourth-order valence-corrected chi connectivity index (χ4v) is 5.06. The molecule has 2 amide bonds. The maximum absolute atomic E-state index is 14.9. The van der Waals surface area contributed by atoms with Gasteiger partial charge in [-0.3, -0.25) is 4.79 Å². The lowest BCUT2D eigenvalue weighted by molar-refractivity contribution is -0.124. The fraction of sp³-hybridized carbons (Fsp3) is 0.355. The van der Waals surface area contributed by atoms with Crippen molar-refractivity contribution in [1.82, 2.24) is 10.6 Å². The lowest BCUT2D eigenvalue weighted by Crippen LogP contribution is -2.49. The third kappa shape index (κ3) is 10.3. The molecule has 0 aromatic heterocycles. The van der Waals surface area contributed by atoms with E-state index >= 15 is 0 Å². The average molecular weight is 685 g/mol. The van der Waals surface area contributed by atoms with Gasteiger partial charge >= 0.3 is 12.3 Å². The standard InChI is InChI=1S/C31H31BrF5N3O4/c32-21-8-4-19(5-9-21)26(20-6-10-22(33)11-7-20)14-29(41)40-28-3-1-2-27(34)25(28)13-12-24-15-38-23(16-43-24)17-44-30(42)39-18-31(35,36)37/h1-11,23-24,26,38H,12-18H2,(H,39,42)(H,40,41)/t23-,24+,26-/m0/s1. The highest BCUT2D eigenvalue weighted by Gasteiger charge is 2.29. The van der Waals surface area contributed by atoms with Gasteiger partial charge in [0.05, 0.1) is 18.8 Å². The number of carbonyl (C=O) groups excluding carboxylic acids is 2. The van der Waals surface area contributed by atoms with E-state index < -0.39 is 30.7 Å². The van der Waals surface area contributed by atoms with E-state index in [4.69, 9.17) is 9.47 Å². The molecule has 0 bridgehead atoms. The van der Waals surface area contributed by atoms with Gasteiger partial charge in [-0.1, -0.05) is 46.3 Å². The Morgan fingerprint density at radius 1 is 1.02 bits per heavy atom. The molecule has 3 N–H and O–H groups in total. The van der Waals surface area contributed by atoms with Crippen LogP contribution in [0.5, 0.6) is 0 Å². The van der Waals surface area contributed by atoms with E-state index in [1.165, 1.54) is 24.3 Å². The summed E-state index contributed by atoms with van der Waals surface area (Å²) in [6, 6.07) is 17.5. The van der Waals surface area contributed by atoms with Gasteiger partial charge in [-0.15, -0.1) is 0 Å². The van der Waals surface area contributed by atoms with E-state index in [-0.39, 0.29) is 49.8 Å². The molecule has 1 heterocycles. The summed E-state index contributed by atoms with van der Waals surface area (Å²) in [4.78, 5) is 24.7. The van der Waals surface area contributed by atoms with Gasteiger partial charge in [0, 0.05) is 34.6 Å². The van der Waals surface area contributed by atoms with Crippen molar-refractivity contribution in [3.8, 4) is 0 Å². The number of benzene rings is 3. The van der Waals surface area contributed by atoms with Crippen LogP contribution in [0.15, 0.2) is 71.2 Å². The molecule has 0 unspecified atom stereocenters. The Balaban J connectivity index is 1.32. The Bertz CT molecular complexity index is 1350. The first-order valence-electron chi connectivity index (χ1n) is 13.9. The van der Waals surface area contributed by atoms with Crippen molar-refractivity contribution in [2.75, 3.05) is 31.6 Å². The summed E-state index contributed by atoms with van der Waals surface area (Å²) in [5.74, 6) is -1.57. The predicted molar refractivity (Wildman–Crippen MR) is 157 cm³/mol. The number of amides is 2. The van der Waals surface area contributed by atoms with Gasteiger partial charge in [-0.2, -0.15) is 13.2 Å². The first-order chi connectivity index (χ1) is 21.0. The van der Waals surface area contributed by atoms with Crippen molar-refractivity contribution in [3.05, 3.63) is 99.5 Å². The summed E-state index contributed by atoms with van der Waals surface area (Å²) in [7, 11) is 0. The zero-order valence-electron chi connectivity index (χ0n) is 23.4. The molecule has 236 valence electrons. The summed E-state index contributed by atoms with van der Waals surface area (Å²) in [5.41, 5.74) is 2.28. The van der Waals surface area contributed by atoms with Crippen LogP contribution in [0.3, 0.4) is 0 Å². The molecule has 7 nitrogen and oxygen atoms in total. The second-order valence-corrected chi connectivity index (χ2v) is 11.3. The minimum atomic E-state index is -4.54. The maximum Gasteiger partial charge on any atom is 0.407 e. The Hall–Kier alpha value is -3.55. The molecular formula is C31H31BrF5N3O4. The molecule has 3 aromatic carbocycles. The zero-order chi connectivity index (χ0) is 31.7. The number of ether oxygens (including phenoxy) is 2. The van der Waals surface area contributed by atoms with Crippen molar-refractivity contribution in [3.63, 3.8) is 0 Å². The SMILES string of the molecule is O=C(C[C@H](c1ccc(F)cc1)c1ccc(Br)cc1)Nc1cccc(F)c1CC[C@@H]1CN[C@H](COC(=O)NCC(F)(F)F)CO1. The molecule has 1 fully saturated rings. The number of hydrogen-bond donors (Lipinski definition) is 3. The van der Waals surface area contributed by atoms with Gasteiger partial charge < -0.3 is 25.4 Å². The molecule has 3 aromatic rings. The smallest absolute Gasteiger partial charge is 0.407 e. The molecular weight excluding hydrogens is 653 g/mol. The summed E-state index contributed by atoms with van der Waals surface area (Å²) in [6.07, 6.45) is -5.32. The summed E-state index contributed by atoms with van der Waals surface area (Å²) in [6.45, 7) is -1.18. The Morgan fingerprint density at radius 2 is 1.70 bits per heavy atom. The average Bonchev–Trinajstić information content (AvgIpc) is 2.99. The number of halogens is 6. The van der Waals surface area contributed by atoms with Crippen LogP contribution in [0.2, 0.25) is 0 Å². The predicted octanol–water partition coefficient (Wildman–Crippen LogP) is 6.47. The Kier molecular flexibility index (Phi) is 11.7. The van der Waals surface area contributed by atoms with E-state index in [9.17, 15) is 31.5 Å². The highest BCUT2D eigenvalue weighted by Crippen LogP contribution is 2.31. The number of alkyl carbamates (subject to hydrolysis) is 1. The van der Waals surface area contributed by atoms with Crippen LogP contribution in [0.25, 0.3) is 0 Å². The van der Waals surface area contributed by atoms with Gasteiger partial charge in [0.1, 0.15) is 24.8 Å². The quantitative estimate of drug-likeness (QED) is 0.202. The number of hydrogen-bond acceptors (Lipinski definition) is 5. The zero-order valence-corrected chi connectivity index (χ0v) is 25.0. The van der Waals surface area contributed by atoms with Crippen LogP contribution in [0, 0.1) is 11.6 Å². The lowest BCUT2D eigenvalue weighted by atomic mass is 9.88. The molecule has 1 saturated heterocycles. The van der Waals surface area contributed by atoms with Crippen molar-refractivity contribution in [1.29, 1.82) is 0 Å². The van der Waals surface area contributed by atoms with Crippen LogP contribution < -0.4 is 16.0 Å². The van der Waals surface area contributed by atoms with Gasteiger partial charge in [0.15, 0.2) is 0 Å². The van der Waals surface area contributed by atoms with Gasteiger partial charge in [-0.25, -0.2) is 13.6 Å². The van der Waals surface area contributed by atoms with E-state index in [1.54, 1.807) is 23.5 Å². The molecule has 1 aliphatic rings. The Labute approximate surface area is 259 Å². The molecule has 0 saturated carbocycles. The first-order valence-corrected chi connectivity index (χ1v) is 14.7. The number of morpholine rings is 1. The van der Waals surface area contributed by atoms with Crippen LogP contribution >= 0.6 is 15.9 Å². The van der Waals surface area contributed by atoms with E-state index in [0.29, 0.717) is 24.2 Å². The topological polar surface area (TPSA) is 88.7 Å². The van der Waals surface area contributed by atoms with Crippen molar-refractivity contribution >= 4 is 33.6 Å². The maximum atomic E-state index is 14.9. The second kappa shape index (κ2) is 15.4. The molecule has 44 heavy (non-hydrogen) atoms. The van der Waals surface area contributed by atoms with Crippen molar-refractivity contribution < 1.29 is 41.0 Å². The highest BCUT2D eigenvalue weighted by atomic mass is 79.9. The van der Waals surface area contributed by atoms with Crippen molar-refractivity contribution in [2.24, 2.45) is 0 Å². The van der Waals surface area contributed by atoms with Gasteiger partial charge in [0.2, 0.25) is 5.91 Å². The minimum Gasteiger partial charge on any atom is -0.448 e. The van der Waals surface area contributed by atoms with Crippen LogP contribution in [0.4, 0.5) is 32.4 Å². The third-order valence-corrected chi connectivity index (χ3v) is 7.59. The molecule has 0 spiro atoms. The number of nitrogens with one attached hydrogen (secondary N) is 3. The molecule has 3 atom stereocenters. The number of alkyl halides is 3. The van der Waals surface area contributed by atoms with Crippen molar-refractivity contribution in [2.45, 2.75) is 43.5 Å². The van der Waals surface area contributed by atoms with Gasteiger partial charge in [0.25, 0.3) is 0 Å². The van der Waals surface area contributed by atoms with Crippen LogP contribution in [0.1, 0.15) is 35.4 Å². The largest absolute Gasteiger partial charge is 0.448 e. The normalized spacial score (nSPS) is 17.5. The molecule has 4 rings (SSSR count). The number of rotatable bonds is 11. The summed E-state index contributed by atoms with van der Waals surface area (Å²) in [5, 5.41) is 7.58. The van der Waals surface area contributed by atoms with Gasteiger partial charge in [-0.05, 0) is 60.4 Å². The van der Waals surface area contributed by atoms with Crippen LogP contribution in [-0.4, -0.2) is 56.6 Å². The molecule has 0 aliphatic carbocycles. The second-order valence-electron chi connectivity index (χ2n) is 10.3.